The Balaban J connectivity index is 2.08. The molecule has 0 aromatic heterocycles. The van der Waals surface area contributed by atoms with Crippen molar-refractivity contribution in [2.24, 2.45) is 22.2 Å². The maximum atomic E-state index is 12.6. The minimum absolute atomic E-state index is 0.00493. The summed E-state index contributed by atoms with van der Waals surface area (Å²) in [6.45, 7) is 12.5. The summed E-state index contributed by atoms with van der Waals surface area (Å²) in [5, 5.41) is 10.4. The van der Waals surface area contributed by atoms with Crippen molar-refractivity contribution in [1.29, 1.82) is 0 Å². The van der Waals surface area contributed by atoms with Crippen LogP contribution in [-0.2, 0) is 4.79 Å². The Kier molecular flexibility index (Phi) is 3.34. The summed E-state index contributed by atoms with van der Waals surface area (Å²) < 4.78 is 0. The first-order valence-corrected chi connectivity index (χ1v) is 8.45. The molecule has 0 unspecified atom stereocenters. The van der Waals surface area contributed by atoms with Crippen LogP contribution < -0.4 is 0 Å². The van der Waals surface area contributed by atoms with E-state index in [9.17, 15) is 9.90 Å². The van der Waals surface area contributed by atoms with E-state index in [0.717, 1.165) is 25.7 Å². The van der Waals surface area contributed by atoms with Gasteiger partial charge in [0.05, 0.1) is 11.5 Å². The number of ketones is 1. The van der Waals surface area contributed by atoms with Crippen LogP contribution in [0.4, 0.5) is 0 Å². The first-order valence-electron chi connectivity index (χ1n) is 8.45. The molecule has 2 heteroatoms. The van der Waals surface area contributed by atoms with Gasteiger partial charge in [-0.15, -0.1) is 6.58 Å². The van der Waals surface area contributed by atoms with E-state index in [2.05, 4.69) is 33.4 Å². The average molecular weight is 300 g/mol. The van der Waals surface area contributed by atoms with Crippen molar-refractivity contribution < 1.29 is 9.90 Å². The molecule has 0 saturated heterocycles. The van der Waals surface area contributed by atoms with Crippen LogP contribution in [0, 0.1) is 22.2 Å². The Morgan fingerprint density at radius 2 is 1.95 bits per heavy atom. The van der Waals surface area contributed by atoms with E-state index in [4.69, 9.17) is 0 Å². The molecule has 0 spiro atoms. The van der Waals surface area contributed by atoms with Crippen LogP contribution in [-0.4, -0.2) is 17.0 Å². The van der Waals surface area contributed by atoms with E-state index < -0.39 is 5.41 Å². The van der Waals surface area contributed by atoms with E-state index in [1.54, 1.807) is 6.08 Å². The van der Waals surface area contributed by atoms with Crippen LogP contribution in [0.3, 0.4) is 0 Å². The lowest BCUT2D eigenvalue weighted by Gasteiger charge is -2.57. The number of allylic oxidation sites excluding steroid dienone is 5. The lowest BCUT2D eigenvalue weighted by molar-refractivity contribution is -0.120. The Morgan fingerprint density at radius 1 is 1.27 bits per heavy atom. The summed E-state index contributed by atoms with van der Waals surface area (Å²) in [6, 6.07) is 0. The van der Waals surface area contributed by atoms with Crippen LogP contribution in [0.1, 0.15) is 53.4 Å². The van der Waals surface area contributed by atoms with E-state index in [1.807, 2.05) is 13.0 Å². The monoisotopic (exact) mass is 300 g/mol. The van der Waals surface area contributed by atoms with Gasteiger partial charge in [-0.1, -0.05) is 32.9 Å². The highest BCUT2D eigenvalue weighted by Gasteiger charge is 2.55. The zero-order valence-corrected chi connectivity index (χ0v) is 14.3. The minimum Gasteiger partial charge on any atom is -0.393 e. The third-order valence-electron chi connectivity index (χ3n) is 6.83. The van der Waals surface area contributed by atoms with Crippen molar-refractivity contribution in [1.82, 2.24) is 0 Å². The molecule has 0 aromatic rings. The molecule has 1 N–H and O–H groups in total. The fourth-order valence-corrected chi connectivity index (χ4v) is 5.14. The second kappa shape index (κ2) is 4.67. The van der Waals surface area contributed by atoms with Gasteiger partial charge in [-0.05, 0) is 66.6 Å². The number of carbonyl (C=O) groups is 1. The van der Waals surface area contributed by atoms with Crippen molar-refractivity contribution in [2.75, 3.05) is 0 Å². The molecule has 22 heavy (non-hydrogen) atoms. The zero-order valence-electron chi connectivity index (χ0n) is 14.3. The second-order valence-corrected chi connectivity index (χ2v) is 8.46. The third kappa shape index (κ3) is 1.93. The first-order chi connectivity index (χ1) is 10.1. The molecule has 3 aliphatic rings. The number of aliphatic hydroxyl groups is 1. The molecular formula is C20H28O2. The Bertz CT molecular complexity index is 595. The molecule has 2 nitrogen and oxygen atoms in total. The SMILES string of the molecule is C=C[C@]1(C)C=C2CC[C@@H]3C(C)(C)[C@H](O)CC[C@@]3(C)C2=CC1=O. The minimum atomic E-state index is -0.550. The third-order valence-corrected chi connectivity index (χ3v) is 6.83. The molecule has 2 fully saturated rings. The molecule has 0 aliphatic heterocycles. The molecule has 2 saturated carbocycles. The highest BCUT2D eigenvalue weighted by atomic mass is 16.3. The van der Waals surface area contributed by atoms with Crippen molar-refractivity contribution in [3.8, 4) is 0 Å². The highest BCUT2D eigenvalue weighted by molar-refractivity contribution is 6.00. The van der Waals surface area contributed by atoms with Crippen LogP contribution >= 0.6 is 0 Å². The van der Waals surface area contributed by atoms with Gasteiger partial charge >= 0.3 is 0 Å². The second-order valence-electron chi connectivity index (χ2n) is 8.46. The van der Waals surface area contributed by atoms with E-state index in [1.165, 1.54) is 11.1 Å². The van der Waals surface area contributed by atoms with Crippen molar-refractivity contribution in [3.05, 3.63) is 36.0 Å². The van der Waals surface area contributed by atoms with Crippen molar-refractivity contribution in [3.63, 3.8) is 0 Å². The van der Waals surface area contributed by atoms with Gasteiger partial charge in [-0.3, -0.25) is 4.79 Å². The standard InChI is InChI=1S/C20H28O2/c1-6-19(4)12-13-7-8-15-18(2,3)16(21)9-10-20(15,5)14(13)11-17(19)22/h6,11-12,15-16,21H,1,7-10H2,2-5H3/t15-,16-,19-,20+/m1/s1. The summed E-state index contributed by atoms with van der Waals surface area (Å²) in [5.74, 6) is 0.570. The van der Waals surface area contributed by atoms with Gasteiger partial charge in [0, 0.05) is 0 Å². The van der Waals surface area contributed by atoms with E-state index in [-0.39, 0.29) is 22.7 Å². The van der Waals surface area contributed by atoms with Crippen LogP contribution in [0.15, 0.2) is 36.0 Å². The fourth-order valence-electron chi connectivity index (χ4n) is 5.14. The fraction of sp³-hybridized carbons (Fsp3) is 0.650. The summed E-state index contributed by atoms with van der Waals surface area (Å²) in [6.07, 6.45) is 9.41. The first kappa shape index (κ1) is 15.7. The van der Waals surface area contributed by atoms with Crippen molar-refractivity contribution >= 4 is 5.78 Å². The largest absolute Gasteiger partial charge is 0.393 e. The normalized spacial score (nSPS) is 43.6. The van der Waals surface area contributed by atoms with Crippen LogP contribution in [0.2, 0.25) is 0 Å². The highest BCUT2D eigenvalue weighted by Crippen LogP contribution is 2.61. The molecule has 3 rings (SSSR count). The summed E-state index contributed by atoms with van der Waals surface area (Å²) in [5.41, 5.74) is 1.92. The van der Waals surface area contributed by atoms with Crippen LogP contribution in [0.5, 0.6) is 0 Å². The number of hydrogen-bond donors (Lipinski definition) is 1. The molecule has 3 aliphatic carbocycles. The Hall–Kier alpha value is -1.15. The molecule has 0 heterocycles. The smallest absolute Gasteiger partial charge is 0.169 e. The molecule has 0 amide bonds. The van der Waals surface area contributed by atoms with Gasteiger partial charge in [0.25, 0.3) is 0 Å². The number of rotatable bonds is 1. The van der Waals surface area contributed by atoms with Gasteiger partial charge in [0.2, 0.25) is 0 Å². The van der Waals surface area contributed by atoms with Gasteiger partial charge < -0.3 is 5.11 Å². The lowest BCUT2D eigenvalue weighted by Crippen LogP contribution is -2.53. The molecule has 0 radical (unpaired) electrons. The summed E-state index contributed by atoms with van der Waals surface area (Å²) in [4.78, 5) is 12.6. The van der Waals surface area contributed by atoms with Gasteiger partial charge in [0.1, 0.15) is 0 Å². The number of carbonyl (C=O) groups excluding carboxylic acids is 1. The quantitative estimate of drug-likeness (QED) is 0.736. The molecule has 0 aromatic carbocycles. The van der Waals surface area contributed by atoms with Crippen molar-refractivity contribution in [2.45, 2.75) is 59.5 Å². The Morgan fingerprint density at radius 3 is 2.59 bits per heavy atom. The number of aliphatic hydroxyl groups excluding tert-OH is 1. The van der Waals surface area contributed by atoms with E-state index >= 15 is 0 Å². The topological polar surface area (TPSA) is 37.3 Å². The van der Waals surface area contributed by atoms with Gasteiger partial charge in [-0.25, -0.2) is 0 Å². The lowest BCUT2D eigenvalue weighted by atomic mass is 9.47. The average Bonchev–Trinajstić information content (AvgIpc) is 2.46. The molecule has 0 bridgehead atoms. The predicted octanol–water partition coefficient (Wildman–Crippen LogP) is 4.21. The zero-order chi connectivity index (χ0) is 16.3. The Labute approximate surface area is 134 Å². The summed E-state index contributed by atoms with van der Waals surface area (Å²) in [7, 11) is 0. The van der Waals surface area contributed by atoms with Crippen LogP contribution in [0.25, 0.3) is 0 Å². The molecule has 120 valence electrons. The van der Waals surface area contributed by atoms with Gasteiger partial charge in [0.15, 0.2) is 5.78 Å². The van der Waals surface area contributed by atoms with E-state index in [0.29, 0.717) is 5.92 Å². The summed E-state index contributed by atoms with van der Waals surface area (Å²) >= 11 is 0. The number of hydrogen-bond acceptors (Lipinski definition) is 2. The maximum absolute atomic E-state index is 12.6. The predicted molar refractivity (Wildman–Crippen MR) is 89.3 cm³/mol. The molecular weight excluding hydrogens is 272 g/mol. The molecule has 4 atom stereocenters. The number of fused-ring (bicyclic) bond motifs is 3. The van der Waals surface area contributed by atoms with Gasteiger partial charge in [-0.2, -0.15) is 0 Å². The maximum Gasteiger partial charge on any atom is 0.169 e.